The number of hydrogen-bond donors (Lipinski definition) is 1. The van der Waals surface area contributed by atoms with Gasteiger partial charge in [-0.05, 0) is 35.7 Å². The predicted octanol–water partition coefficient (Wildman–Crippen LogP) is 3.57. The van der Waals surface area contributed by atoms with Gasteiger partial charge in [-0.15, -0.1) is 12.3 Å². The Morgan fingerprint density at radius 1 is 1.23 bits per heavy atom. The predicted molar refractivity (Wildman–Crippen MR) is 106 cm³/mol. The fraction of sp³-hybridized carbons (Fsp3) is 0.435. The highest BCUT2D eigenvalue weighted by Gasteiger charge is 2.55. The molecular weight excluding hydrogens is 320 g/mol. The Morgan fingerprint density at radius 3 is 2.42 bits per heavy atom. The van der Waals surface area contributed by atoms with Crippen molar-refractivity contribution in [2.24, 2.45) is 5.41 Å². The zero-order valence-electron chi connectivity index (χ0n) is 16.2. The second-order valence-electron chi connectivity index (χ2n) is 8.18. The fourth-order valence-electron chi connectivity index (χ4n) is 4.25. The summed E-state index contributed by atoms with van der Waals surface area (Å²) in [5.74, 6) is 3.13. The standard InChI is InChI=1S/C23H28N2O/c1-6-7-18-12-21(14-24-13-18)23(26,22(4)15-25(5)16-22)20-10-8-19(9-11-20)17(2)3/h1,8-14,17,26H,7,15-16H2,2-5H3/t23-/m0/s1. The van der Waals surface area contributed by atoms with E-state index in [0.29, 0.717) is 12.3 Å². The number of benzene rings is 1. The highest BCUT2D eigenvalue weighted by atomic mass is 16.3. The Bertz CT molecular complexity index is 813. The van der Waals surface area contributed by atoms with Crippen LogP contribution in [0.15, 0.2) is 42.7 Å². The summed E-state index contributed by atoms with van der Waals surface area (Å²) in [5.41, 5.74) is 2.57. The minimum absolute atomic E-state index is 0.280. The van der Waals surface area contributed by atoms with Gasteiger partial charge in [-0.3, -0.25) is 4.98 Å². The van der Waals surface area contributed by atoms with Crippen LogP contribution in [-0.4, -0.2) is 35.1 Å². The second kappa shape index (κ2) is 6.87. The van der Waals surface area contributed by atoms with Gasteiger partial charge in [-0.25, -0.2) is 0 Å². The largest absolute Gasteiger partial charge is 0.380 e. The number of rotatable bonds is 5. The van der Waals surface area contributed by atoms with Crippen LogP contribution in [0.2, 0.25) is 0 Å². The van der Waals surface area contributed by atoms with Crippen LogP contribution in [0, 0.1) is 17.8 Å². The molecule has 3 nitrogen and oxygen atoms in total. The van der Waals surface area contributed by atoms with Crippen molar-refractivity contribution < 1.29 is 5.11 Å². The lowest BCUT2D eigenvalue weighted by Crippen LogP contribution is -2.63. The molecule has 1 saturated heterocycles. The van der Waals surface area contributed by atoms with Crippen molar-refractivity contribution in [1.82, 2.24) is 9.88 Å². The quantitative estimate of drug-likeness (QED) is 0.839. The number of pyridine rings is 1. The molecule has 1 aliphatic rings. The Morgan fingerprint density at radius 2 is 1.88 bits per heavy atom. The van der Waals surface area contributed by atoms with Gasteiger partial charge in [0.2, 0.25) is 0 Å². The first-order chi connectivity index (χ1) is 12.3. The van der Waals surface area contributed by atoms with E-state index in [1.54, 1.807) is 12.4 Å². The van der Waals surface area contributed by atoms with Gasteiger partial charge >= 0.3 is 0 Å². The molecule has 0 saturated carbocycles. The monoisotopic (exact) mass is 348 g/mol. The van der Waals surface area contributed by atoms with Crippen LogP contribution in [-0.2, 0) is 12.0 Å². The minimum Gasteiger partial charge on any atom is -0.380 e. The first kappa shape index (κ1) is 18.6. The lowest BCUT2D eigenvalue weighted by atomic mass is 9.62. The molecule has 1 aromatic heterocycles. The van der Waals surface area contributed by atoms with Crippen molar-refractivity contribution in [2.75, 3.05) is 20.1 Å². The molecule has 0 aliphatic carbocycles. The molecule has 3 heteroatoms. The summed E-state index contributed by atoms with van der Waals surface area (Å²) in [6.07, 6.45) is 9.54. The fourth-order valence-corrected chi connectivity index (χ4v) is 4.25. The molecule has 2 heterocycles. The van der Waals surface area contributed by atoms with E-state index in [9.17, 15) is 5.11 Å². The molecular formula is C23H28N2O. The smallest absolute Gasteiger partial charge is 0.124 e. The molecule has 136 valence electrons. The Labute approximate surface area is 157 Å². The van der Waals surface area contributed by atoms with Gasteiger partial charge in [0.1, 0.15) is 5.60 Å². The van der Waals surface area contributed by atoms with Crippen LogP contribution in [0.1, 0.15) is 48.9 Å². The Hall–Kier alpha value is -2.15. The highest BCUT2D eigenvalue weighted by molar-refractivity contribution is 5.42. The van der Waals surface area contributed by atoms with E-state index in [-0.39, 0.29) is 5.41 Å². The van der Waals surface area contributed by atoms with Crippen LogP contribution in [0.25, 0.3) is 0 Å². The number of aromatic nitrogens is 1. The average molecular weight is 348 g/mol. The topological polar surface area (TPSA) is 36.4 Å². The van der Waals surface area contributed by atoms with Crippen LogP contribution < -0.4 is 0 Å². The first-order valence-electron chi connectivity index (χ1n) is 9.19. The molecule has 2 aromatic rings. The summed E-state index contributed by atoms with van der Waals surface area (Å²) < 4.78 is 0. The summed E-state index contributed by atoms with van der Waals surface area (Å²) in [6.45, 7) is 8.16. The van der Waals surface area contributed by atoms with Gasteiger partial charge in [0, 0.05) is 42.9 Å². The van der Waals surface area contributed by atoms with Crippen LogP contribution in [0.4, 0.5) is 0 Å². The third-order valence-corrected chi connectivity index (χ3v) is 5.63. The van der Waals surface area contributed by atoms with E-state index in [4.69, 9.17) is 6.42 Å². The Balaban J connectivity index is 2.11. The van der Waals surface area contributed by atoms with E-state index < -0.39 is 5.60 Å². The summed E-state index contributed by atoms with van der Waals surface area (Å²) in [7, 11) is 2.08. The van der Waals surface area contributed by atoms with Crippen molar-refractivity contribution in [3.8, 4) is 12.3 Å². The average Bonchev–Trinajstić information content (AvgIpc) is 2.60. The van der Waals surface area contributed by atoms with E-state index in [1.165, 1.54) is 5.56 Å². The number of hydrogen-bond acceptors (Lipinski definition) is 3. The normalized spacial score (nSPS) is 18.8. The molecule has 0 unspecified atom stereocenters. The van der Waals surface area contributed by atoms with Crippen LogP contribution in [0.3, 0.4) is 0 Å². The maximum absolute atomic E-state index is 12.1. The van der Waals surface area contributed by atoms with Gasteiger partial charge in [-0.2, -0.15) is 0 Å². The number of likely N-dealkylation sites (tertiary alicyclic amines) is 1. The van der Waals surface area contributed by atoms with E-state index in [0.717, 1.165) is 29.8 Å². The molecule has 1 fully saturated rings. The zero-order valence-corrected chi connectivity index (χ0v) is 16.2. The van der Waals surface area contributed by atoms with Gasteiger partial charge in [-0.1, -0.05) is 45.0 Å². The maximum atomic E-state index is 12.1. The molecule has 0 radical (unpaired) electrons. The summed E-state index contributed by atoms with van der Waals surface area (Å²) in [4.78, 5) is 6.59. The highest BCUT2D eigenvalue weighted by Crippen LogP contribution is 2.50. The van der Waals surface area contributed by atoms with Gasteiger partial charge in [0.25, 0.3) is 0 Å². The molecule has 1 aliphatic heterocycles. The van der Waals surface area contributed by atoms with Gasteiger partial charge in [0.15, 0.2) is 0 Å². The molecule has 0 spiro atoms. The van der Waals surface area contributed by atoms with Crippen molar-refractivity contribution in [3.05, 3.63) is 65.0 Å². The SMILES string of the molecule is C#CCc1cncc([C@@](O)(c2ccc(C(C)C)cc2)C2(C)CN(C)C2)c1. The molecule has 0 amide bonds. The number of aliphatic hydroxyl groups is 1. The summed E-state index contributed by atoms with van der Waals surface area (Å²) in [6, 6.07) is 10.4. The number of nitrogens with zero attached hydrogens (tertiary/aromatic N) is 2. The van der Waals surface area contributed by atoms with Crippen molar-refractivity contribution >= 4 is 0 Å². The number of terminal acetylenes is 1. The van der Waals surface area contributed by atoms with Crippen molar-refractivity contribution in [1.29, 1.82) is 0 Å². The van der Waals surface area contributed by atoms with Crippen molar-refractivity contribution in [3.63, 3.8) is 0 Å². The third kappa shape index (κ3) is 3.05. The first-order valence-corrected chi connectivity index (χ1v) is 9.19. The lowest BCUT2D eigenvalue weighted by Gasteiger charge is -2.55. The lowest BCUT2D eigenvalue weighted by molar-refractivity contribution is -0.127. The van der Waals surface area contributed by atoms with Gasteiger partial charge < -0.3 is 10.0 Å². The third-order valence-electron chi connectivity index (χ3n) is 5.63. The minimum atomic E-state index is -1.10. The molecule has 0 bridgehead atoms. The van der Waals surface area contributed by atoms with E-state index in [2.05, 4.69) is 67.9 Å². The molecule has 3 rings (SSSR count). The van der Waals surface area contributed by atoms with E-state index >= 15 is 0 Å². The Kier molecular flexibility index (Phi) is 4.92. The van der Waals surface area contributed by atoms with E-state index in [1.807, 2.05) is 6.07 Å². The molecule has 1 atom stereocenters. The maximum Gasteiger partial charge on any atom is 0.124 e. The van der Waals surface area contributed by atoms with Crippen molar-refractivity contribution in [2.45, 2.75) is 38.7 Å². The van der Waals surface area contributed by atoms with Crippen LogP contribution >= 0.6 is 0 Å². The molecule has 1 N–H and O–H groups in total. The van der Waals surface area contributed by atoms with Crippen LogP contribution in [0.5, 0.6) is 0 Å². The zero-order chi connectivity index (χ0) is 18.9. The molecule has 26 heavy (non-hydrogen) atoms. The summed E-state index contributed by atoms with van der Waals surface area (Å²) >= 11 is 0. The second-order valence-corrected chi connectivity index (χ2v) is 8.18. The summed E-state index contributed by atoms with van der Waals surface area (Å²) in [5, 5.41) is 12.1. The van der Waals surface area contributed by atoms with Gasteiger partial charge in [0.05, 0.1) is 0 Å². The molecule has 1 aromatic carbocycles.